The molecule has 31 heavy (non-hydrogen) atoms. The van der Waals surface area contributed by atoms with Crippen molar-refractivity contribution in [3.63, 3.8) is 0 Å². The molecule has 0 radical (unpaired) electrons. The third-order valence-corrected chi connectivity index (χ3v) is 4.57. The second-order valence-electron chi connectivity index (χ2n) is 6.42. The predicted molar refractivity (Wildman–Crippen MR) is 115 cm³/mol. The van der Waals surface area contributed by atoms with E-state index in [1.165, 1.54) is 12.3 Å². The highest BCUT2D eigenvalue weighted by molar-refractivity contribution is 6.40. The summed E-state index contributed by atoms with van der Waals surface area (Å²) < 4.78 is 10.4. The number of nitrogens with one attached hydrogen (secondary N) is 2. The SMILES string of the molecule is C/C(=N\NC(=O)C(=O)Nc1ccc(C)c(Cl)c1)c1ccccc1OC(=O)c1ccco1. The molecule has 0 aliphatic heterocycles. The highest BCUT2D eigenvalue weighted by Crippen LogP contribution is 2.21. The molecule has 2 aromatic carbocycles. The van der Waals surface area contributed by atoms with Crippen molar-refractivity contribution in [1.82, 2.24) is 5.43 Å². The number of esters is 1. The minimum atomic E-state index is -0.971. The molecule has 0 unspecified atom stereocenters. The van der Waals surface area contributed by atoms with Crippen molar-refractivity contribution in [2.45, 2.75) is 13.8 Å². The van der Waals surface area contributed by atoms with Crippen molar-refractivity contribution in [2.24, 2.45) is 5.10 Å². The van der Waals surface area contributed by atoms with E-state index in [2.05, 4.69) is 15.8 Å². The van der Waals surface area contributed by atoms with E-state index in [9.17, 15) is 14.4 Å². The summed E-state index contributed by atoms with van der Waals surface area (Å²) in [5.41, 5.74) is 4.18. The van der Waals surface area contributed by atoms with Gasteiger partial charge in [0.25, 0.3) is 0 Å². The Morgan fingerprint density at radius 3 is 2.52 bits per heavy atom. The number of rotatable bonds is 5. The van der Waals surface area contributed by atoms with Crippen molar-refractivity contribution in [3.8, 4) is 5.75 Å². The Balaban J connectivity index is 1.67. The van der Waals surface area contributed by atoms with E-state index in [-0.39, 0.29) is 11.5 Å². The van der Waals surface area contributed by atoms with Gasteiger partial charge in [-0.2, -0.15) is 5.10 Å². The Morgan fingerprint density at radius 1 is 1.03 bits per heavy atom. The van der Waals surface area contributed by atoms with Gasteiger partial charge in [0.15, 0.2) is 0 Å². The van der Waals surface area contributed by atoms with Gasteiger partial charge in [0.2, 0.25) is 5.76 Å². The lowest BCUT2D eigenvalue weighted by atomic mass is 10.1. The number of aryl methyl sites for hydroxylation is 1. The number of carbonyl (C=O) groups excluding carboxylic acids is 3. The third-order valence-electron chi connectivity index (χ3n) is 4.16. The number of hydrogen-bond donors (Lipinski definition) is 2. The fraction of sp³-hybridized carbons (Fsp3) is 0.0909. The molecule has 0 aliphatic rings. The number of carbonyl (C=O) groups is 3. The minimum Gasteiger partial charge on any atom is -0.457 e. The van der Waals surface area contributed by atoms with Crippen LogP contribution in [0.2, 0.25) is 5.02 Å². The summed E-state index contributed by atoms with van der Waals surface area (Å²) in [6, 6.07) is 14.6. The van der Waals surface area contributed by atoms with Gasteiger partial charge in [0.1, 0.15) is 5.75 Å². The summed E-state index contributed by atoms with van der Waals surface area (Å²) in [5, 5.41) is 6.84. The summed E-state index contributed by atoms with van der Waals surface area (Å²) >= 11 is 6.02. The molecule has 0 spiro atoms. The summed E-state index contributed by atoms with van der Waals surface area (Å²) in [6.07, 6.45) is 1.36. The molecule has 1 heterocycles. The van der Waals surface area contributed by atoms with Gasteiger partial charge in [0, 0.05) is 16.3 Å². The monoisotopic (exact) mass is 439 g/mol. The van der Waals surface area contributed by atoms with Gasteiger partial charge in [-0.1, -0.05) is 29.8 Å². The first-order chi connectivity index (χ1) is 14.8. The van der Waals surface area contributed by atoms with Crippen LogP contribution in [0.1, 0.15) is 28.6 Å². The Hall–Kier alpha value is -3.91. The quantitative estimate of drug-likeness (QED) is 0.206. The molecule has 0 saturated heterocycles. The van der Waals surface area contributed by atoms with Crippen molar-refractivity contribution in [3.05, 3.63) is 82.8 Å². The number of para-hydroxylation sites is 1. The first-order valence-electron chi connectivity index (χ1n) is 9.12. The zero-order valence-corrected chi connectivity index (χ0v) is 17.4. The van der Waals surface area contributed by atoms with E-state index in [0.29, 0.717) is 22.0 Å². The van der Waals surface area contributed by atoms with Crippen molar-refractivity contribution in [1.29, 1.82) is 0 Å². The van der Waals surface area contributed by atoms with Gasteiger partial charge in [-0.15, -0.1) is 0 Å². The summed E-state index contributed by atoms with van der Waals surface area (Å²) in [4.78, 5) is 36.3. The molecule has 0 saturated carbocycles. The summed E-state index contributed by atoms with van der Waals surface area (Å²) in [6.45, 7) is 3.42. The van der Waals surface area contributed by atoms with E-state index in [0.717, 1.165) is 5.56 Å². The molecule has 2 N–H and O–H groups in total. The van der Waals surface area contributed by atoms with Crippen LogP contribution in [0.25, 0.3) is 0 Å². The van der Waals surface area contributed by atoms with E-state index in [1.54, 1.807) is 55.5 Å². The lowest BCUT2D eigenvalue weighted by Crippen LogP contribution is -2.33. The van der Waals surface area contributed by atoms with Gasteiger partial charge >= 0.3 is 17.8 Å². The number of anilines is 1. The molecule has 0 aliphatic carbocycles. The molecule has 8 nitrogen and oxygen atoms in total. The zero-order chi connectivity index (χ0) is 22.4. The van der Waals surface area contributed by atoms with Crippen LogP contribution in [-0.4, -0.2) is 23.5 Å². The first-order valence-corrected chi connectivity index (χ1v) is 9.50. The number of hydrogen-bond acceptors (Lipinski definition) is 6. The van der Waals surface area contributed by atoms with Crippen LogP contribution in [0.4, 0.5) is 5.69 Å². The van der Waals surface area contributed by atoms with Gasteiger partial charge in [-0.05, 0) is 55.8 Å². The highest BCUT2D eigenvalue weighted by Gasteiger charge is 2.17. The molecule has 1 aromatic heterocycles. The molecule has 0 bridgehead atoms. The number of ether oxygens (including phenoxy) is 1. The van der Waals surface area contributed by atoms with Crippen LogP contribution in [0.15, 0.2) is 70.4 Å². The summed E-state index contributed by atoms with van der Waals surface area (Å²) in [7, 11) is 0. The lowest BCUT2D eigenvalue weighted by Gasteiger charge is -2.09. The standard InChI is InChI=1S/C22H18ClN3O5/c1-13-9-10-15(12-17(13)23)24-20(27)21(28)26-25-14(2)16-6-3-4-7-18(16)31-22(29)19-8-5-11-30-19/h3-12H,1-2H3,(H,24,27)(H,26,28)/b25-14+. The van der Waals surface area contributed by atoms with Crippen LogP contribution < -0.4 is 15.5 Å². The topological polar surface area (TPSA) is 110 Å². The molecule has 9 heteroatoms. The molecule has 3 rings (SSSR count). The fourth-order valence-corrected chi connectivity index (χ4v) is 2.68. The van der Waals surface area contributed by atoms with Crippen LogP contribution in [0.3, 0.4) is 0 Å². The molecular formula is C22H18ClN3O5. The van der Waals surface area contributed by atoms with Crippen molar-refractivity contribution < 1.29 is 23.5 Å². The number of amides is 2. The van der Waals surface area contributed by atoms with Crippen LogP contribution in [0.5, 0.6) is 5.75 Å². The predicted octanol–water partition coefficient (Wildman–Crippen LogP) is 3.94. The third kappa shape index (κ3) is 5.58. The average Bonchev–Trinajstić information content (AvgIpc) is 3.30. The van der Waals surface area contributed by atoms with Gasteiger partial charge < -0.3 is 14.5 Å². The second kappa shape index (κ2) is 9.73. The number of halogens is 1. The molecule has 3 aromatic rings. The van der Waals surface area contributed by atoms with Crippen molar-refractivity contribution in [2.75, 3.05) is 5.32 Å². The normalized spacial score (nSPS) is 11.0. The summed E-state index contributed by atoms with van der Waals surface area (Å²) in [5.74, 6) is -2.29. The molecule has 158 valence electrons. The van der Waals surface area contributed by atoms with Crippen molar-refractivity contribution >= 4 is 40.8 Å². The highest BCUT2D eigenvalue weighted by atomic mass is 35.5. The van der Waals surface area contributed by atoms with Gasteiger partial charge in [0.05, 0.1) is 12.0 Å². The maximum atomic E-state index is 12.1. The number of nitrogens with zero attached hydrogens (tertiary/aromatic N) is 1. The van der Waals surface area contributed by atoms with E-state index in [1.807, 2.05) is 6.92 Å². The maximum absolute atomic E-state index is 12.1. The zero-order valence-electron chi connectivity index (χ0n) is 16.6. The van der Waals surface area contributed by atoms with E-state index in [4.69, 9.17) is 20.8 Å². The van der Waals surface area contributed by atoms with Crippen LogP contribution in [0, 0.1) is 6.92 Å². The number of furan rings is 1. The number of hydrazone groups is 1. The Kier molecular flexibility index (Phi) is 6.84. The second-order valence-corrected chi connectivity index (χ2v) is 6.83. The average molecular weight is 440 g/mol. The van der Waals surface area contributed by atoms with E-state index >= 15 is 0 Å². The largest absolute Gasteiger partial charge is 0.457 e. The minimum absolute atomic E-state index is 0.0468. The van der Waals surface area contributed by atoms with Crippen LogP contribution >= 0.6 is 11.6 Å². The lowest BCUT2D eigenvalue weighted by molar-refractivity contribution is -0.136. The first kappa shape index (κ1) is 21.8. The Bertz CT molecular complexity index is 1160. The number of benzene rings is 2. The Labute approximate surface area is 182 Å². The Morgan fingerprint density at radius 2 is 1.81 bits per heavy atom. The van der Waals surface area contributed by atoms with Gasteiger partial charge in [-0.25, -0.2) is 10.2 Å². The fourth-order valence-electron chi connectivity index (χ4n) is 2.50. The smallest absolute Gasteiger partial charge is 0.379 e. The molecule has 0 fully saturated rings. The van der Waals surface area contributed by atoms with Gasteiger partial charge in [-0.3, -0.25) is 9.59 Å². The van der Waals surface area contributed by atoms with E-state index < -0.39 is 17.8 Å². The molecule has 0 atom stereocenters. The maximum Gasteiger partial charge on any atom is 0.379 e. The molecule has 2 amide bonds. The molecular weight excluding hydrogens is 422 g/mol. The van der Waals surface area contributed by atoms with Crippen LogP contribution in [-0.2, 0) is 9.59 Å².